The van der Waals surface area contributed by atoms with Gasteiger partial charge in [0.1, 0.15) is 0 Å². The van der Waals surface area contributed by atoms with Crippen LogP contribution >= 0.6 is 11.6 Å². The summed E-state index contributed by atoms with van der Waals surface area (Å²) in [6.45, 7) is 2.80. The molecule has 2 rings (SSSR count). The number of benzene rings is 1. The molecular formula is C12H14ClN3OS. The van der Waals surface area contributed by atoms with E-state index in [0.717, 1.165) is 12.1 Å². The first kappa shape index (κ1) is 13.1. The number of halogens is 1. The van der Waals surface area contributed by atoms with Crippen LogP contribution < -0.4 is 5.73 Å². The lowest BCUT2D eigenvalue weighted by Crippen LogP contribution is -1.98. The van der Waals surface area contributed by atoms with Gasteiger partial charge in [-0.15, -0.1) is 0 Å². The van der Waals surface area contributed by atoms with E-state index in [0.29, 0.717) is 21.4 Å². The molecule has 0 amide bonds. The molecule has 1 unspecified atom stereocenters. The van der Waals surface area contributed by atoms with E-state index in [4.69, 9.17) is 17.3 Å². The SMILES string of the molecule is CCn1cc(CS(=O)c2cc(N)ccc2Cl)cn1. The summed E-state index contributed by atoms with van der Waals surface area (Å²) in [4.78, 5) is 0.570. The highest BCUT2D eigenvalue weighted by atomic mass is 35.5. The van der Waals surface area contributed by atoms with Crippen molar-refractivity contribution in [3.05, 3.63) is 41.2 Å². The molecule has 0 saturated heterocycles. The fourth-order valence-electron chi connectivity index (χ4n) is 1.58. The lowest BCUT2D eigenvalue weighted by molar-refractivity contribution is 0.659. The molecule has 0 aliphatic carbocycles. The molecule has 6 heteroatoms. The lowest BCUT2D eigenvalue weighted by Gasteiger charge is -2.04. The first-order valence-electron chi connectivity index (χ1n) is 5.55. The maximum absolute atomic E-state index is 12.2. The summed E-state index contributed by atoms with van der Waals surface area (Å²) in [5.74, 6) is 0.392. The van der Waals surface area contributed by atoms with Crippen LogP contribution in [0, 0.1) is 0 Å². The predicted molar refractivity (Wildman–Crippen MR) is 73.9 cm³/mol. The number of hydrogen-bond donors (Lipinski definition) is 1. The van der Waals surface area contributed by atoms with Crippen molar-refractivity contribution in [2.24, 2.45) is 0 Å². The molecule has 0 aliphatic heterocycles. The molecule has 2 N–H and O–H groups in total. The second kappa shape index (κ2) is 5.54. The van der Waals surface area contributed by atoms with Crippen LogP contribution in [0.5, 0.6) is 0 Å². The van der Waals surface area contributed by atoms with Crippen molar-refractivity contribution < 1.29 is 4.21 Å². The van der Waals surface area contributed by atoms with Crippen LogP contribution in [0.3, 0.4) is 0 Å². The highest BCUT2D eigenvalue weighted by molar-refractivity contribution is 7.84. The summed E-state index contributed by atoms with van der Waals surface area (Å²) < 4.78 is 14.0. The molecule has 0 aliphatic rings. The minimum atomic E-state index is -1.21. The zero-order valence-corrected chi connectivity index (χ0v) is 11.5. The molecule has 0 radical (unpaired) electrons. The molecular weight excluding hydrogens is 270 g/mol. The molecule has 4 nitrogen and oxygen atoms in total. The standard InChI is InChI=1S/C12H14ClN3OS/c1-2-16-7-9(6-15-16)8-18(17)12-5-10(14)3-4-11(12)13/h3-7H,2,8,14H2,1H3. The Hall–Kier alpha value is -1.33. The average Bonchev–Trinajstić information content (AvgIpc) is 2.80. The van der Waals surface area contributed by atoms with Crippen LogP contribution in [-0.2, 0) is 23.1 Å². The molecule has 0 saturated carbocycles. The predicted octanol–water partition coefficient (Wildman–Crippen LogP) is 2.45. The Morgan fingerprint density at radius 3 is 2.94 bits per heavy atom. The first-order chi connectivity index (χ1) is 8.60. The van der Waals surface area contributed by atoms with Crippen molar-refractivity contribution in [1.82, 2.24) is 9.78 Å². The van der Waals surface area contributed by atoms with E-state index < -0.39 is 10.8 Å². The number of aromatic nitrogens is 2. The van der Waals surface area contributed by atoms with E-state index in [1.807, 2.05) is 13.1 Å². The monoisotopic (exact) mass is 283 g/mol. The molecule has 18 heavy (non-hydrogen) atoms. The smallest absolute Gasteiger partial charge is 0.0598 e. The Balaban J connectivity index is 2.19. The third-order valence-electron chi connectivity index (χ3n) is 2.51. The van der Waals surface area contributed by atoms with Crippen LogP contribution in [0.2, 0.25) is 5.02 Å². The molecule has 0 spiro atoms. The molecule has 1 aromatic carbocycles. The summed E-state index contributed by atoms with van der Waals surface area (Å²) in [5.41, 5.74) is 7.16. The average molecular weight is 284 g/mol. The number of nitrogens with zero attached hydrogens (tertiary/aromatic N) is 2. The van der Waals surface area contributed by atoms with Crippen LogP contribution in [0.4, 0.5) is 5.69 Å². The van der Waals surface area contributed by atoms with Crippen molar-refractivity contribution >= 4 is 28.1 Å². The van der Waals surface area contributed by atoms with Gasteiger partial charge in [-0.2, -0.15) is 5.10 Å². The van der Waals surface area contributed by atoms with Gasteiger partial charge in [0.2, 0.25) is 0 Å². The summed E-state index contributed by atoms with van der Waals surface area (Å²) in [6.07, 6.45) is 3.61. The van der Waals surface area contributed by atoms with E-state index in [1.54, 1.807) is 29.1 Å². The van der Waals surface area contributed by atoms with Crippen molar-refractivity contribution in [2.45, 2.75) is 24.1 Å². The fourth-order valence-corrected chi connectivity index (χ4v) is 3.11. The van der Waals surface area contributed by atoms with E-state index >= 15 is 0 Å². The summed E-state index contributed by atoms with van der Waals surface area (Å²) in [7, 11) is -1.21. The molecule has 1 aromatic heterocycles. The largest absolute Gasteiger partial charge is 0.399 e. The molecule has 1 atom stereocenters. The third kappa shape index (κ3) is 2.91. The maximum Gasteiger partial charge on any atom is 0.0598 e. The topological polar surface area (TPSA) is 60.9 Å². The van der Waals surface area contributed by atoms with E-state index in [9.17, 15) is 4.21 Å². The van der Waals surface area contributed by atoms with Crippen LogP contribution in [0.1, 0.15) is 12.5 Å². The van der Waals surface area contributed by atoms with Gasteiger partial charge < -0.3 is 5.73 Å². The fraction of sp³-hybridized carbons (Fsp3) is 0.250. The second-order valence-corrected chi connectivity index (χ2v) is 5.71. The van der Waals surface area contributed by atoms with Crippen molar-refractivity contribution in [2.75, 3.05) is 5.73 Å². The van der Waals surface area contributed by atoms with E-state index in [-0.39, 0.29) is 0 Å². The quantitative estimate of drug-likeness (QED) is 0.877. The van der Waals surface area contributed by atoms with Gasteiger partial charge >= 0.3 is 0 Å². The zero-order valence-electron chi connectivity index (χ0n) is 9.97. The normalized spacial score (nSPS) is 12.6. The summed E-state index contributed by atoms with van der Waals surface area (Å²) in [5, 5.41) is 4.62. The molecule has 1 heterocycles. The summed E-state index contributed by atoms with van der Waals surface area (Å²) in [6, 6.07) is 5.01. The van der Waals surface area contributed by atoms with Gasteiger partial charge in [0.25, 0.3) is 0 Å². The Bertz CT molecular complexity index is 582. The number of hydrogen-bond acceptors (Lipinski definition) is 3. The zero-order chi connectivity index (χ0) is 13.1. The van der Waals surface area contributed by atoms with Crippen LogP contribution in [-0.4, -0.2) is 14.0 Å². The highest BCUT2D eigenvalue weighted by Crippen LogP contribution is 2.24. The van der Waals surface area contributed by atoms with Gasteiger partial charge in [-0.25, -0.2) is 0 Å². The van der Waals surface area contributed by atoms with Crippen molar-refractivity contribution in [3.63, 3.8) is 0 Å². The van der Waals surface area contributed by atoms with Gasteiger partial charge in [0.15, 0.2) is 0 Å². The van der Waals surface area contributed by atoms with Gasteiger partial charge in [-0.3, -0.25) is 8.89 Å². The Morgan fingerprint density at radius 2 is 2.28 bits per heavy atom. The van der Waals surface area contributed by atoms with Crippen molar-refractivity contribution in [3.8, 4) is 0 Å². The third-order valence-corrected chi connectivity index (χ3v) is 4.37. The highest BCUT2D eigenvalue weighted by Gasteiger charge is 2.11. The summed E-state index contributed by atoms with van der Waals surface area (Å²) >= 11 is 6.02. The number of nitrogen functional groups attached to an aromatic ring is 1. The molecule has 2 aromatic rings. The van der Waals surface area contributed by atoms with Gasteiger partial charge in [0, 0.05) is 24.0 Å². The number of anilines is 1. The lowest BCUT2D eigenvalue weighted by atomic mass is 10.3. The Labute approximate surface area is 113 Å². The number of nitrogens with two attached hydrogens (primary N) is 1. The number of aryl methyl sites for hydroxylation is 1. The number of rotatable bonds is 4. The molecule has 96 valence electrons. The van der Waals surface area contributed by atoms with E-state index in [2.05, 4.69) is 5.10 Å². The van der Waals surface area contributed by atoms with Crippen molar-refractivity contribution in [1.29, 1.82) is 0 Å². The minimum Gasteiger partial charge on any atom is -0.399 e. The maximum atomic E-state index is 12.2. The van der Waals surface area contributed by atoms with E-state index in [1.165, 1.54) is 0 Å². The van der Waals surface area contributed by atoms with Crippen LogP contribution in [0.15, 0.2) is 35.5 Å². The first-order valence-corrected chi connectivity index (χ1v) is 7.24. The second-order valence-electron chi connectivity index (χ2n) is 3.88. The van der Waals surface area contributed by atoms with Gasteiger partial charge in [0.05, 0.1) is 32.7 Å². The Morgan fingerprint density at radius 1 is 1.50 bits per heavy atom. The molecule has 0 fully saturated rings. The van der Waals surface area contributed by atoms with Crippen LogP contribution in [0.25, 0.3) is 0 Å². The minimum absolute atomic E-state index is 0.392. The Kier molecular flexibility index (Phi) is 4.04. The van der Waals surface area contributed by atoms with Gasteiger partial charge in [-0.05, 0) is 25.1 Å². The van der Waals surface area contributed by atoms with Gasteiger partial charge in [-0.1, -0.05) is 11.6 Å². The molecule has 0 bridgehead atoms.